The molecule has 33 heavy (non-hydrogen) atoms. The molecule has 0 aliphatic carbocycles. The Labute approximate surface area is 197 Å². The standard InChI is InChI=1S/C27H37N3O3/c1-19-16-30(17-20(2)33-19)18-23-9-7-6-8-22(23)14-28-25(31)15-29-26(32)21-10-12-24(13-11-21)27(3,4)5/h6-13,19-20H,14-18H2,1-5H3,(H,28,31)(H,29,32). The normalized spacial score (nSPS) is 19.2. The summed E-state index contributed by atoms with van der Waals surface area (Å²) in [6, 6.07) is 15.7. The summed E-state index contributed by atoms with van der Waals surface area (Å²) in [4.78, 5) is 27.2. The SMILES string of the molecule is CC1CN(Cc2ccccc2CNC(=O)CNC(=O)c2ccc(C(C)(C)C)cc2)CC(C)O1. The van der Waals surface area contributed by atoms with Crippen molar-refractivity contribution in [1.29, 1.82) is 0 Å². The zero-order chi connectivity index (χ0) is 24.0. The Morgan fingerprint density at radius 2 is 1.55 bits per heavy atom. The highest BCUT2D eigenvalue weighted by molar-refractivity contribution is 5.96. The summed E-state index contributed by atoms with van der Waals surface area (Å²) in [5.74, 6) is -0.459. The third-order valence-corrected chi connectivity index (χ3v) is 5.91. The van der Waals surface area contributed by atoms with Gasteiger partial charge in [0, 0.05) is 31.7 Å². The van der Waals surface area contributed by atoms with Gasteiger partial charge in [0.1, 0.15) is 0 Å². The quantitative estimate of drug-likeness (QED) is 0.674. The molecule has 1 saturated heterocycles. The Hall–Kier alpha value is -2.70. The molecule has 0 radical (unpaired) electrons. The van der Waals surface area contributed by atoms with Crippen molar-refractivity contribution in [2.75, 3.05) is 19.6 Å². The van der Waals surface area contributed by atoms with Crippen LogP contribution < -0.4 is 10.6 Å². The molecular formula is C27H37N3O3. The highest BCUT2D eigenvalue weighted by atomic mass is 16.5. The van der Waals surface area contributed by atoms with Gasteiger partial charge < -0.3 is 15.4 Å². The van der Waals surface area contributed by atoms with Crippen LogP contribution in [-0.4, -0.2) is 48.6 Å². The van der Waals surface area contributed by atoms with Gasteiger partial charge in [-0.3, -0.25) is 14.5 Å². The van der Waals surface area contributed by atoms with E-state index >= 15 is 0 Å². The van der Waals surface area contributed by atoms with E-state index < -0.39 is 0 Å². The van der Waals surface area contributed by atoms with E-state index in [-0.39, 0.29) is 36.0 Å². The van der Waals surface area contributed by atoms with Crippen molar-refractivity contribution in [1.82, 2.24) is 15.5 Å². The first-order valence-corrected chi connectivity index (χ1v) is 11.7. The Kier molecular flexibility index (Phi) is 8.27. The van der Waals surface area contributed by atoms with Crippen molar-refractivity contribution < 1.29 is 14.3 Å². The van der Waals surface area contributed by atoms with E-state index in [0.29, 0.717) is 12.1 Å². The average Bonchev–Trinajstić information content (AvgIpc) is 2.75. The summed E-state index contributed by atoms with van der Waals surface area (Å²) in [7, 11) is 0. The van der Waals surface area contributed by atoms with Crippen LogP contribution in [0.4, 0.5) is 0 Å². The monoisotopic (exact) mass is 451 g/mol. The predicted octanol–water partition coefficient (Wildman–Crippen LogP) is 3.64. The minimum Gasteiger partial charge on any atom is -0.373 e. The number of morpholine rings is 1. The predicted molar refractivity (Wildman–Crippen MR) is 131 cm³/mol. The molecule has 1 aliphatic rings. The minimum absolute atomic E-state index is 0.0312. The van der Waals surface area contributed by atoms with Crippen LogP contribution in [0.1, 0.15) is 61.7 Å². The number of amides is 2. The van der Waals surface area contributed by atoms with Crippen molar-refractivity contribution in [3.05, 3.63) is 70.8 Å². The summed E-state index contributed by atoms with van der Waals surface area (Å²) >= 11 is 0. The molecule has 2 amide bonds. The fourth-order valence-corrected chi connectivity index (χ4v) is 4.18. The third kappa shape index (κ3) is 7.41. The van der Waals surface area contributed by atoms with Gasteiger partial charge >= 0.3 is 0 Å². The molecule has 6 nitrogen and oxygen atoms in total. The van der Waals surface area contributed by atoms with Crippen molar-refractivity contribution >= 4 is 11.8 Å². The fourth-order valence-electron chi connectivity index (χ4n) is 4.18. The molecular weight excluding hydrogens is 414 g/mol. The van der Waals surface area contributed by atoms with Crippen LogP contribution in [0.3, 0.4) is 0 Å². The van der Waals surface area contributed by atoms with E-state index in [0.717, 1.165) is 30.8 Å². The van der Waals surface area contributed by atoms with E-state index in [1.807, 2.05) is 30.3 Å². The zero-order valence-electron chi connectivity index (χ0n) is 20.5. The maximum absolute atomic E-state index is 12.4. The van der Waals surface area contributed by atoms with Crippen molar-refractivity contribution in [3.8, 4) is 0 Å². The second-order valence-corrected chi connectivity index (χ2v) is 10.0. The molecule has 1 fully saturated rings. The van der Waals surface area contributed by atoms with Crippen LogP contribution in [0.5, 0.6) is 0 Å². The summed E-state index contributed by atoms with van der Waals surface area (Å²) in [5, 5.41) is 5.64. The van der Waals surface area contributed by atoms with Crippen LogP contribution in [-0.2, 0) is 28.0 Å². The second-order valence-electron chi connectivity index (χ2n) is 10.0. The Morgan fingerprint density at radius 1 is 0.939 bits per heavy atom. The first kappa shape index (κ1) is 24.9. The lowest BCUT2D eigenvalue weighted by molar-refractivity contribution is -0.120. The fraction of sp³-hybridized carbons (Fsp3) is 0.481. The summed E-state index contributed by atoms with van der Waals surface area (Å²) in [6.45, 7) is 13.6. The molecule has 2 atom stereocenters. The number of benzene rings is 2. The second kappa shape index (κ2) is 10.9. The number of ether oxygens (including phenoxy) is 1. The highest BCUT2D eigenvalue weighted by Gasteiger charge is 2.22. The van der Waals surface area contributed by atoms with Crippen molar-refractivity contribution in [2.24, 2.45) is 0 Å². The lowest BCUT2D eigenvalue weighted by Gasteiger charge is -2.35. The number of carbonyl (C=O) groups excluding carboxylic acids is 2. The highest BCUT2D eigenvalue weighted by Crippen LogP contribution is 2.22. The van der Waals surface area contributed by atoms with Gasteiger partial charge in [-0.2, -0.15) is 0 Å². The molecule has 2 aromatic rings. The molecule has 0 aromatic heterocycles. The number of nitrogens with zero attached hydrogens (tertiary/aromatic N) is 1. The molecule has 1 heterocycles. The van der Waals surface area contributed by atoms with Crippen molar-refractivity contribution in [3.63, 3.8) is 0 Å². The lowest BCUT2D eigenvalue weighted by Crippen LogP contribution is -2.45. The number of nitrogens with one attached hydrogen (secondary N) is 2. The van der Waals surface area contributed by atoms with E-state index in [9.17, 15) is 9.59 Å². The largest absolute Gasteiger partial charge is 0.373 e. The van der Waals surface area contributed by atoms with E-state index in [4.69, 9.17) is 4.74 Å². The Bertz CT molecular complexity index is 940. The van der Waals surface area contributed by atoms with Gasteiger partial charge in [0.2, 0.25) is 5.91 Å². The first-order valence-electron chi connectivity index (χ1n) is 11.7. The number of rotatable bonds is 7. The van der Waals surface area contributed by atoms with Gasteiger partial charge in [0.15, 0.2) is 0 Å². The minimum atomic E-state index is -0.249. The van der Waals surface area contributed by atoms with Gasteiger partial charge in [-0.05, 0) is 48.1 Å². The molecule has 3 rings (SSSR count). The topological polar surface area (TPSA) is 70.7 Å². The van der Waals surface area contributed by atoms with Crippen LogP contribution >= 0.6 is 0 Å². The van der Waals surface area contributed by atoms with Crippen LogP contribution in [0.25, 0.3) is 0 Å². The molecule has 0 spiro atoms. The maximum atomic E-state index is 12.4. The van der Waals surface area contributed by atoms with E-state index in [2.05, 4.69) is 56.2 Å². The Balaban J connectivity index is 1.49. The zero-order valence-corrected chi connectivity index (χ0v) is 20.5. The summed E-state index contributed by atoms with van der Waals surface area (Å²) in [5.41, 5.74) is 4.03. The van der Waals surface area contributed by atoms with Crippen molar-refractivity contribution in [2.45, 2.75) is 65.3 Å². The van der Waals surface area contributed by atoms with Gasteiger partial charge in [0.25, 0.3) is 5.91 Å². The van der Waals surface area contributed by atoms with Gasteiger partial charge in [0.05, 0.1) is 18.8 Å². The van der Waals surface area contributed by atoms with Gasteiger partial charge in [-0.1, -0.05) is 57.2 Å². The van der Waals surface area contributed by atoms with Gasteiger partial charge in [-0.15, -0.1) is 0 Å². The molecule has 6 heteroatoms. The molecule has 0 saturated carbocycles. The average molecular weight is 452 g/mol. The molecule has 2 unspecified atom stereocenters. The Morgan fingerprint density at radius 3 is 2.15 bits per heavy atom. The number of hydrogen-bond acceptors (Lipinski definition) is 4. The first-order chi connectivity index (χ1) is 15.6. The van der Waals surface area contributed by atoms with Gasteiger partial charge in [-0.25, -0.2) is 0 Å². The molecule has 2 N–H and O–H groups in total. The summed E-state index contributed by atoms with van der Waals surface area (Å²) in [6.07, 6.45) is 0.433. The molecule has 1 aliphatic heterocycles. The van der Waals surface area contributed by atoms with E-state index in [1.165, 1.54) is 5.56 Å². The molecule has 0 bridgehead atoms. The van der Waals surface area contributed by atoms with E-state index in [1.54, 1.807) is 12.1 Å². The maximum Gasteiger partial charge on any atom is 0.251 e. The summed E-state index contributed by atoms with van der Waals surface area (Å²) < 4.78 is 5.83. The molecule has 178 valence electrons. The number of carbonyl (C=O) groups is 2. The smallest absolute Gasteiger partial charge is 0.251 e. The number of hydrogen-bond donors (Lipinski definition) is 2. The van der Waals surface area contributed by atoms with Crippen LogP contribution in [0.15, 0.2) is 48.5 Å². The van der Waals surface area contributed by atoms with Crippen LogP contribution in [0, 0.1) is 0 Å². The third-order valence-electron chi connectivity index (χ3n) is 5.91. The molecule has 2 aromatic carbocycles. The van der Waals surface area contributed by atoms with Crippen LogP contribution in [0.2, 0.25) is 0 Å². The lowest BCUT2D eigenvalue weighted by atomic mass is 9.87.